The molecule has 1 saturated heterocycles. The Labute approximate surface area is 234 Å². The van der Waals surface area contributed by atoms with E-state index in [1.807, 2.05) is 4.90 Å². The van der Waals surface area contributed by atoms with Crippen molar-refractivity contribution in [2.24, 2.45) is 4.99 Å². The highest BCUT2D eigenvalue weighted by atomic mass is 35.5. The van der Waals surface area contributed by atoms with Gasteiger partial charge in [-0.25, -0.2) is 18.6 Å². The summed E-state index contributed by atoms with van der Waals surface area (Å²) in [6.07, 6.45) is 1.43. The van der Waals surface area contributed by atoms with Crippen LogP contribution >= 0.6 is 22.9 Å². The highest BCUT2D eigenvalue weighted by Gasteiger charge is 2.37. The molecule has 1 aromatic carbocycles. The minimum absolute atomic E-state index is 0.0975. The number of amidine groups is 1. The molecule has 2 aromatic rings. The van der Waals surface area contributed by atoms with E-state index in [2.05, 4.69) is 10.3 Å². The van der Waals surface area contributed by atoms with Crippen LogP contribution < -0.4 is 5.32 Å². The summed E-state index contributed by atoms with van der Waals surface area (Å²) in [6, 6.07) is 2.81. The zero-order chi connectivity index (χ0) is 28.1. The van der Waals surface area contributed by atoms with Crippen LogP contribution in [-0.2, 0) is 14.3 Å². The van der Waals surface area contributed by atoms with E-state index in [0.717, 1.165) is 6.07 Å². The summed E-state index contributed by atoms with van der Waals surface area (Å²) in [5, 5.41) is 14.9. The maximum absolute atomic E-state index is 14.7. The SMILES string of the molecule is CCOC(=O)C1=C(CN2CC(F)CCC2CN(C)CC(=O)O)NC(c2nccs2)=N[C@H]1c1ccc(F)cc1Cl. The number of aromatic nitrogens is 1. The first-order valence-electron chi connectivity index (χ1n) is 12.5. The van der Waals surface area contributed by atoms with Gasteiger partial charge in [0.05, 0.1) is 18.7 Å². The van der Waals surface area contributed by atoms with Gasteiger partial charge in [0, 0.05) is 53.5 Å². The molecule has 2 N–H and O–H groups in total. The van der Waals surface area contributed by atoms with Crippen LogP contribution in [0.3, 0.4) is 0 Å². The zero-order valence-electron chi connectivity index (χ0n) is 21.6. The molecule has 2 aliphatic rings. The van der Waals surface area contributed by atoms with E-state index in [-0.39, 0.29) is 42.9 Å². The summed E-state index contributed by atoms with van der Waals surface area (Å²) in [5.41, 5.74) is 1.04. The number of carbonyl (C=O) groups is 2. The maximum Gasteiger partial charge on any atom is 0.338 e. The van der Waals surface area contributed by atoms with Crippen LogP contribution in [0.25, 0.3) is 0 Å². The number of nitrogens with zero attached hydrogens (tertiary/aromatic N) is 4. The standard InChI is InChI=1S/C26H30ClF2N5O4S/c1-3-38-26(37)22-20(13-34-11-16(29)4-6-17(34)12-33(2)14-21(35)36)31-24(25-30-8-9-39-25)32-23(22)18-7-5-15(28)10-19(18)27/h5,7-10,16-17,23H,3-4,6,11-14H2,1-2H3,(H,31,32)(H,35,36)/t16?,17?,23-/m0/s1. The molecule has 1 fully saturated rings. The minimum Gasteiger partial charge on any atom is -0.480 e. The number of hydrogen-bond donors (Lipinski definition) is 2. The largest absolute Gasteiger partial charge is 0.480 e. The number of thiazole rings is 1. The average Bonchev–Trinajstić information content (AvgIpc) is 3.40. The lowest BCUT2D eigenvalue weighted by Crippen LogP contribution is -2.52. The van der Waals surface area contributed by atoms with E-state index in [9.17, 15) is 23.5 Å². The van der Waals surface area contributed by atoms with Gasteiger partial charge in [0.25, 0.3) is 0 Å². The van der Waals surface area contributed by atoms with Crippen LogP contribution in [0.4, 0.5) is 8.78 Å². The lowest BCUT2D eigenvalue weighted by Gasteiger charge is -2.40. The second-order valence-corrected chi connectivity index (χ2v) is 10.8. The van der Waals surface area contributed by atoms with Gasteiger partial charge in [0.1, 0.15) is 18.0 Å². The Morgan fingerprint density at radius 3 is 2.82 bits per heavy atom. The number of carboxylic acid groups (broad SMARTS) is 1. The fraction of sp³-hybridized carbons (Fsp3) is 0.462. The molecule has 0 bridgehead atoms. The van der Waals surface area contributed by atoms with E-state index < -0.39 is 30.0 Å². The summed E-state index contributed by atoms with van der Waals surface area (Å²) >= 11 is 7.78. The summed E-state index contributed by atoms with van der Waals surface area (Å²) < 4.78 is 34.0. The molecule has 0 aliphatic carbocycles. The van der Waals surface area contributed by atoms with Gasteiger partial charge in [0.15, 0.2) is 10.8 Å². The van der Waals surface area contributed by atoms with Crippen LogP contribution in [-0.4, -0.2) is 89.7 Å². The molecule has 3 atom stereocenters. The van der Waals surface area contributed by atoms with Crippen LogP contribution in [0.5, 0.6) is 0 Å². The third kappa shape index (κ3) is 7.18. The fourth-order valence-electron chi connectivity index (χ4n) is 4.88. The number of rotatable bonds is 10. The first-order chi connectivity index (χ1) is 18.7. The summed E-state index contributed by atoms with van der Waals surface area (Å²) in [7, 11) is 1.70. The number of likely N-dealkylation sites (tertiary alicyclic amines) is 1. The third-order valence-corrected chi connectivity index (χ3v) is 7.67. The number of halogens is 3. The Hall–Kier alpha value is -2.93. The Morgan fingerprint density at radius 2 is 2.15 bits per heavy atom. The molecule has 9 nitrogen and oxygen atoms in total. The number of ether oxygens (including phenoxy) is 1. The maximum atomic E-state index is 14.7. The highest BCUT2D eigenvalue weighted by Crippen LogP contribution is 2.37. The topological polar surface area (TPSA) is 107 Å². The molecular formula is C26H30ClF2N5O4S. The zero-order valence-corrected chi connectivity index (χ0v) is 23.1. The number of aliphatic imine (C=N–C) groups is 1. The molecule has 3 heterocycles. The number of likely N-dealkylation sites (N-methyl/N-ethyl adjacent to an activating group) is 1. The van der Waals surface area contributed by atoms with Crippen LogP contribution in [0, 0.1) is 5.82 Å². The molecule has 2 unspecified atom stereocenters. The van der Waals surface area contributed by atoms with Crippen molar-refractivity contribution >= 4 is 40.7 Å². The normalized spacial score (nSPS) is 22.0. The molecule has 0 saturated carbocycles. The molecule has 0 radical (unpaired) electrons. The quantitative estimate of drug-likeness (QED) is 0.409. The number of esters is 1. The van der Waals surface area contributed by atoms with Gasteiger partial charge in [0.2, 0.25) is 0 Å². The van der Waals surface area contributed by atoms with Crippen molar-refractivity contribution in [3.8, 4) is 0 Å². The average molecular weight is 582 g/mol. The van der Waals surface area contributed by atoms with Gasteiger partial charge in [-0.1, -0.05) is 17.7 Å². The summed E-state index contributed by atoms with van der Waals surface area (Å²) in [5.74, 6) is -1.71. The van der Waals surface area contributed by atoms with E-state index in [0.29, 0.717) is 41.5 Å². The van der Waals surface area contributed by atoms with Gasteiger partial charge >= 0.3 is 11.9 Å². The van der Waals surface area contributed by atoms with Crippen LogP contribution in [0.15, 0.2) is 46.0 Å². The molecule has 0 spiro atoms. The first kappa shape index (κ1) is 29.1. The van der Waals surface area contributed by atoms with Crippen molar-refractivity contribution in [2.45, 2.75) is 38.0 Å². The number of alkyl halides is 1. The Kier molecular flexibility index (Phi) is 9.65. The Morgan fingerprint density at radius 1 is 1.36 bits per heavy atom. The van der Waals surface area contributed by atoms with Crippen molar-refractivity contribution in [1.82, 2.24) is 20.1 Å². The van der Waals surface area contributed by atoms with Crippen molar-refractivity contribution in [1.29, 1.82) is 0 Å². The lowest BCUT2D eigenvalue weighted by atomic mass is 9.94. The Balaban J connectivity index is 1.77. The molecule has 1 aromatic heterocycles. The molecular weight excluding hydrogens is 552 g/mol. The number of nitrogens with one attached hydrogen (secondary N) is 1. The van der Waals surface area contributed by atoms with E-state index >= 15 is 0 Å². The second-order valence-electron chi connectivity index (χ2n) is 9.47. The number of hydrogen-bond acceptors (Lipinski definition) is 9. The number of carbonyl (C=O) groups excluding carboxylic acids is 1. The summed E-state index contributed by atoms with van der Waals surface area (Å²) in [6.45, 7) is 2.30. The fourth-order valence-corrected chi connectivity index (χ4v) is 5.73. The molecule has 13 heteroatoms. The second kappa shape index (κ2) is 12.9. The lowest BCUT2D eigenvalue weighted by molar-refractivity contribution is -0.139. The summed E-state index contributed by atoms with van der Waals surface area (Å²) in [4.78, 5) is 37.3. The van der Waals surface area contributed by atoms with Crippen LogP contribution in [0.1, 0.15) is 36.4 Å². The van der Waals surface area contributed by atoms with Gasteiger partial charge in [-0.2, -0.15) is 0 Å². The van der Waals surface area contributed by atoms with Crippen LogP contribution in [0.2, 0.25) is 5.02 Å². The number of piperidine rings is 1. The van der Waals surface area contributed by atoms with Crippen molar-refractivity contribution in [3.63, 3.8) is 0 Å². The monoisotopic (exact) mass is 581 g/mol. The number of carboxylic acids is 1. The Bertz CT molecular complexity index is 1260. The number of benzene rings is 1. The van der Waals surface area contributed by atoms with Crippen molar-refractivity contribution in [2.75, 3.05) is 39.8 Å². The predicted octanol–water partition coefficient (Wildman–Crippen LogP) is 3.66. The van der Waals surface area contributed by atoms with Crippen molar-refractivity contribution in [3.05, 3.63) is 62.5 Å². The third-order valence-electron chi connectivity index (χ3n) is 6.56. The number of aliphatic carboxylic acids is 1. The van der Waals surface area contributed by atoms with E-state index in [4.69, 9.17) is 21.3 Å². The van der Waals surface area contributed by atoms with E-state index in [1.54, 1.807) is 30.4 Å². The van der Waals surface area contributed by atoms with Gasteiger partial charge in [-0.3, -0.25) is 19.6 Å². The molecule has 4 rings (SSSR count). The smallest absolute Gasteiger partial charge is 0.338 e. The van der Waals surface area contributed by atoms with E-state index in [1.165, 1.54) is 23.5 Å². The molecule has 0 amide bonds. The molecule has 39 heavy (non-hydrogen) atoms. The predicted molar refractivity (Wildman–Crippen MR) is 144 cm³/mol. The van der Waals surface area contributed by atoms with Crippen molar-refractivity contribution < 1.29 is 28.2 Å². The van der Waals surface area contributed by atoms with Gasteiger partial charge < -0.3 is 15.2 Å². The molecule has 2 aliphatic heterocycles. The highest BCUT2D eigenvalue weighted by molar-refractivity contribution is 7.11. The van der Waals surface area contributed by atoms with Gasteiger partial charge in [-0.15, -0.1) is 11.3 Å². The minimum atomic E-state index is -1.07. The molecule has 210 valence electrons. The van der Waals surface area contributed by atoms with Gasteiger partial charge in [-0.05, 0) is 38.9 Å². The first-order valence-corrected chi connectivity index (χ1v) is 13.8.